The van der Waals surface area contributed by atoms with Gasteiger partial charge >= 0.3 is 0 Å². The quantitative estimate of drug-likeness (QED) is 0.812. The Morgan fingerprint density at radius 3 is 2.50 bits per heavy atom. The lowest BCUT2D eigenvalue weighted by Crippen LogP contribution is -2.50. The van der Waals surface area contributed by atoms with Crippen LogP contribution >= 0.6 is 0 Å². The second-order valence-corrected chi connectivity index (χ2v) is 6.61. The smallest absolute Gasteiger partial charge is 0.274 e. The summed E-state index contributed by atoms with van der Waals surface area (Å²) in [4.78, 5) is 35.9. The van der Waals surface area contributed by atoms with Crippen LogP contribution in [0.4, 0.5) is 5.82 Å². The number of nitrogens with zero attached hydrogens (tertiary/aromatic N) is 4. The zero-order valence-electron chi connectivity index (χ0n) is 16.2. The van der Waals surface area contributed by atoms with Gasteiger partial charge in [0.25, 0.3) is 5.91 Å². The highest BCUT2D eigenvalue weighted by atomic mass is 16.5. The first-order valence-electron chi connectivity index (χ1n) is 9.30. The van der Waals surface area contributed by atoms with Gasteiger partial charge in [-0.05, 0) is 24.1 Å². The molecule has 8 heteroatoms. The van der Waals surface area contributed by atoms with Crippen molar-refractivity contribution in [3.63, 3.8) is 0 Å². The first-order chi connectivity index (χ1) is 13.6. The number of anilines is 1. The van der Waals surface area contributed by atoms with Crippen molar-refractivity contribution < 1.29 is 14.3 Å². The van der Waals surface area contributed by atoms with Crippen molar-refractivity contribution in [2.75, 3.05) is 45.2 Å². The summed E-state index contributed by atoms with van der Waals surface area (Å²) in [5, 5.41) is 3.21. The fourth-order valence-electron chi connectivity index (χ4n) is 3.08. The molecule has 0 atom stereocenters. The number of piperazine rings is 1. The van der Waals surface area contributed by atoms with Crippen LogP contribution in [-0.4, -0.2) is 71.4 Å². The SMILES string of the molecule is COc1cccc(CCNc2cnc(C(=O)N3CCN(C(C)=O)CC3)cn2)c1. The Bertz CT molecular complexity index is 817. The van der Waals surface area contributed by atoms with Gasteiger partial charge in [0.15, 0.2) is 0 Å². The van der Waals surface area contributed by atoms with Gasteiger partial charge in [-0.2, -0.15) is 0 Å². The molecule has 1 aromatic heterocycles. The van der Waals surface area contributed by atoms with Crippen molar-refractivity contribution in [1.82, 2.24) is 19.8 Å². The molecular formula is C20H25N5O3. The van der Waals surface area contributed by atoms with E-state index in [-0.39, 0.29) is 11.8 Å². The Morgan fingerprint density at radius 2 is 1.86 bits per heavy atom. The Labute approximate surface area is 164 Å². The maximum Gasteiger partial charge on any atom is 0.274 e. The van der Waals surface area contributed by atoms with Crippen molar-refractivity contribution in [1.29, 1.82) is 0 Å². The molecular weight excluding hydrogens is 358 g/mol. The molecule has 2 heterocycles. The molecule has 0 saturated carbocycles. The highest BCUT2D eigenvalue weighted by molar-refractivity contribution is 5.92. The summed E-state index contributed by atoms with van der Waals surface area (Å²) >= 11 is 0. The molecule has 0 bridgehead atoms. The van der Waals surface area contributed by atoms with E-state index in [1.807, 2.05) is 24.3 Å². The molecule has 0 radical (unpaired) electrons. The van der Waals surface area contributed by atoms with E-state index in [4.69, 9.17) is 4.74 Å². The van der Waals surface area contributed by atoms with Crippen LogP contribution in [0.2, 0.25) is 0 Å². The predicted octanol–water partition coefficient (Wildman–Crippen LogP) is 1.44. The molecule has 1 N–H and O–H groups in total. The molecule has 1 aliphatic rings. The number of aromatic nitrogens is 2. The van der Waals surface area contributed by atoms with Gasteiger partial charge in [-0.3, -0.25) is 9.59 Å². The number of benzene rings is 1. The van der Waals surface area contributed by atoms with Crippen LogP contribution in [0.1, 0.15) is 23.0 Å². The summed E-state index contributed by atoms with van der Waals surface area (Å²) in [7, 11) is 1.65. The zero-order chi connectivity index (χ0) is 19.9. The molecule has 2 amide bonds. The summed E-state index contributed by atoms with van der Waals surface area (Å²) in [6.45, 7) is 4.38. The molecule has 1 aromatic carbocycles. The van der Waals surface area contributed by atoms with Gasteiger partial charge in [-0.1, -0.05) is 12.1 Å². The molecule has 0 unspecified atom stereocenters. The number of hydrogen-bond donors (Lipinski definition) is 1. The standard InChI is InChI=1S/C20H25N5O3/c1-15(26)24-8-10-25(11-9-24)20(27)18-13-23-19(14-22-18)21-7-6-16-4-3-5-17(12-16)28-2/h3-5,12-14H,6-11H2,1-2H3,(H,21,23). The minimum atomic E-state index is -0.154. The van der Waals surface area contributed by atoms with Crippen LogP contribution in [0.15, 0.2) is 36.7 Å². The molecule has 3 rings (SSSR count). The third-order valence-corrected chi connectivity index (χ3v) is 4.74. The average Bonchev–Trinajstić information content (AvgIpc) is 2.74. The van der Waals surface area contributed by atoms with E-state index >= 15 is 0 Å². The third-order valence-electron chi connectivity index (χ3n) is 4.74. The summed E-state index contributed by atoms with van der Waals surface area (Å²) in [6, 6.07) is 7.92. The highest BCUT2D eigenvalue weighted by Crippen LogP contribution is 2.13. The average molecular weight is 383 g/mol. The van der Waals surface area contributed by atoms with Crippen LogP contribution in [0, 0.1) is 0 Å². The van der Waals surface area contributed by atoms with Gasteiger partial charge in [0.05, 0.1) is 19.5 Å². The van der Waals surface area contributed by atoms with Crippen LogP contribution in [0.5, 0.6) is 5.75 Å². The van der Waals surface area contributed by atoms with Crippen LogP contribution in [0.3, 0.4) is 0 Å². The number of carbonyl (C=O) groups excluding carboxylic acids is 2. The highest BCUT2D eigenvalue weighted by Gasteiger charge is 2.24. The van der Waals surface area contributed by atoms with Gasteiger partial charge in [-0.25, -0.2) is 9.97 Å². The minimum absolute atomic E-state index is 0.0382. The van der Waals surface area contributed by atoms with Gasteiger partial charge in [0.2, 0.25) is 5.91 Å². The van der Waals surface area contributed by atoms with Crippen molar-refractivity contribution in [2.24, 2.45) is 0 Å². The maximum atomic E-state index is 12.5. The number of hydrogen-bond acceptors (Lipinski definition) is 6. The van der Waals surface area contributed by atoms with Crippen molar-refractivity contribution in [3.8, 4) is 5.75 Å². The number of carbonyl (C=O) groups is 2. The minimum Gasteiger partial charge on any atom is -0.497 e. The monoisotopic (exact) mass is 383 g/mol. The predicted molar refractivity (Wildman–Crippen MR) is 105 cm³/mol. The van der Waals surface area contributed by atoms with Crippen LogP contribution < -0.4 is 10.1 Å². The number of methoxy groups -OCH3 is 1. The molecule has 2 aromatic rings. The molecule has 1 saturated heterocycles. The summed E-state index contributed by atoms with van der Waals surface area (Å²) < 4.78 is 5.22. The zero-order valence-corrected chi connectivity index (χ0v) is 16.2. The Kier molecular flexibility index (Phi) is 6.41. The Morgan fingerprint density at radius 1 is 1.11 bits per heavy atom. The lowest BCUT2D eigenvalue weighted by atomic mass is 10.1. The fraction of sp³-hybridized carbons (Fsp3) is 0.400. The normalized spacial score (nSPS) is 13.9. The molecule has 0 aliphatic carbocycles. The lowest BCUT2D eigenvalue weighted by molar-refractivity contribution is -0.130. The van der Waals surface area contributed by atoms with Crippen molar-refractivity contribution in [3.05, 3.63) is 47.9 Å². The van der Waals surface area contributed by atoms with Crippen molar-refractivity contribution in [2.45, 2.75) is 13.3 Å². The van der Waals surface area contributed by atoms with Gasteiger partial charge in [0.1, 0.15) is 17.3 Å². The van der Waals surface area contributed by atoms with E-state index in [1.165, 1.54) is 6.20 Å². The molecule has 8 nitrogen and oxygen atoms in total. The number of amides is 2. The van der Waals surface area contributed by atoms with Crippen LogP contribution in [0.25, 0.3) is 0 Å². The second-order valence-electron chi connectivity index (χ2n) is 6.61. The molecule has 1 fully saturated rings. The topological polar surface area (TPSA) is 87.7 Å². The number of nitrogens with one attached hydrogen (secondary N) is 1. The van der Waals surface area contributed by atoms with E-state index < -0.39 is 0 Å². The summed E-state index contributed by atoms with van der Waals surface area (Å²) in [5.41, 5.74) is 1.48. The van der Waals surface area contributed by atoms with Crippen LogP contribution in [-0.2, 0) is 11.2 Å². The summed E-state index contributed by atoms with van der Waals surface area (Å²) in [6.07, 6.45) is 3.89. The number of ether oxygens (including phenoxy) is 1. The molecule has 28 heavy (non-hydrogen) atoms. The van der Waals surface area contributed by atoms with E-state index in [0.717, 1.165) is 17.7 Å². The Hall–Kier alpha value is -3.16. The number of rotatable bonds is 6. The second kappa shape index (κ2) is 9.16. The maximum absolute atomic E-state index is 12.5. The molecule has 148 valence electrons. The van der Waals surface area contributed by atoms with E-state index in [1.54, 1.807) is 30.0 Å². The largest absolute Gasteiger partial charge is 0.497 e. The first-order valence-corrected chi connectivity index (χ1v) is 9.30. The van der Waals surface area contributed by atoms with Gasteiger partial charge < -0.3 is 19.9 Å². The summed E-state index contributed by atoms with van der Waals surface area (Å²) in [5.74, 6) is 1.35. The fourth-order valence-corrected chi connectivity index (χ4v) is 3.08. The molecule has 1 aliphatic heterocycles. The van der Waals surface area contributed by atoms with E-state index in [9.17, 15) is 9.59 Å². The van der Waals surface area contributed by atoms with Gasteiger partial charge in [0, 0.05) is 39.6 Å². The van der Waals surface area contributed by atoms with Gasteiger partial charge in [-0.15, -0.1) is 0 Å². The van der Waals surface area contributed by atoms with E-state index in [0.29, 0.717) is 44.2 Å². The van der Waals surface area contributed by atoms with Crippen molar-refractivity contribution >= 4 is 17.6 Å². The molecule has 0 spiro atoms. The Balaban J connectivity index is 1.49. The first kappa shape index (κ1) is 19.6. The lowest BCUT2D eigenvalue weighted by Gasteiger charge is -2.33. The van der Waals surface area contributed by atoms with E-state index in [2.05, 4.69) is 15.3 Å². The third kappa shape index (κ3) is 4.97.